The van der Waals surface area contributed by atoms with Gasteiger partial charge < -0.3 is 20.1 Å². The molecule has 1 aromatic rings. The van der Waals surface area contributed by atoms with Crippen molar-refractivity contribution < 1.29 is 9.47 Å². The summed E-state index contributed by atoms with van der Waals surface area (Å²) in [5.74, 6) is 1.54. The van der Waals surface area contributed by atoms with E-state index < -0.39 is 0 Å². The molecule has 0 bridgehead atoms. The van der Waals surface area contributed by atoms with Gasteiger partial charge in [-0.2, -0.15) is 0 Å². The normalized spacial score (nSPS) is 15.5. The third-order valence-corrected chi connectivity index (χ3v) is 3.37. The van der Waals surface area contributed by atoms with Crippen LogP contribution in [0.1, 0.15) is 12.0 Å². The van der Waals surface area contributed by atoms with Crippen molar-refractivity contribution in [1.29, 1.82) is 0 Å². The van der Waals surface area contributed by atoms with Crippen LogP contribution in [-0.2, 0) is 11.2 Å². The number of guanidine groups is 1. The number of halogens is 1. The average Bonchev–Trinajstić information content (AvgIpc) is 2.52. The molecule has 1 aliphatic heterocycles. The minimum atomic E-state index is 0. The maximum atomic E-state index is 5.97. The second-order valence-electron chi connectivity index (χ2n) is 4.79. The molecule has 0 aliphatic carbocycles. The van der Waals surface area contributed by atoms with E-state index >= 15 is 0 Å². The van der Waals surface area contributed by atoms with E-state index in [-0.39, 0.29) is 24.0 Å². The summed E-state index contributed by atoms with van der Waals surface area (Å²) >= 11 is 0. The molecule has 1 aromatic carbocycles. The largest absolute Gasteiger partial charge is 0.497 e. The Morgan fingerprint density at radius 3 is 2.86 bits per heavy atom. The fraction of sp³-hybridized carbons (Fsp3) is 0.533. The lowest BCUT2D eigenvalue weighted by Crippen LogP contribution is -2.44. The van der Waals surface area contributed by atoms with E-state index in [1.165, 1.54) is 5.56 Å². The number of morpholine rings is 1. The molecular weight excluding hydrogens is 381 g/mol. The van der Waals surface area contributed by atoms with Gasteiger partial charge in [-0.15, -0.1) is 24.0 Å². The van der Waals surface area contributed by atoms with Crippen LogP contribution in [0.3, 0.4) is 0 Å². The number of ether oxygens (including phenoxy) is 2. The Bertz CT molecular complexity index is 448. The highest BCUT2D eigenvalue weighted by Crippen LogP contribution is 2.13. The molecule has 0 atom stereocenters. The second-order valence-corrected chi connectivity index (χ2v) is 4.79. The Morgan fingerprint density at radius 2 is 2.14 bits per heavy atom. The molecule has 5 nitrogen and oxygen atoms in total. The summed E-state index contributed by atoms with van der Waals surface area (Å²) in [4.78, 5) is 6.52. The molecule has 6 heteroatoms. The number of aryl methyl sites for hydroxylation is 1. The van der Waals surface area contributed by atoms with E-state index in [1.54, 1.807) is 7.11 Å². The van der Waals surface area contributed by atoms with Crippen LogP contribution in [0.2, 0.25) is 0 Å². The van der Waals surface area contributed by atoms with Gasteiger partial charge >= 0.3 is 0 Å². The maximum Gasteiger partial charge on any atom is 0.191 e. The zero-order valence-electron chi connectivity index (χ0n) is 12.5. The average molecular weight is 405 g/mol. The first kappa shape index (κ1) is 18.0. The Kier molecular flexibility index (Phi) is 8.44. The topological polar surface area (TPSA) is 60.1 Å². The summed E-state index contributed by atoms with van der Waals surface area (Å²) in [5.41, 5.74) is 7.24. The number of benzene rings is 1. The molecule has 2 N–H and O–H groups in total. The molecule has 0 amide bonds. The maximum absolute atomic E-state index is 5.97. The highest BCUT2D eigenvalue weighted by atomic mass is 127. The predicted octanol–water partition coefficient (Wildman–Crippen LogP) is 1.89. The van der Waals surface area contributed by atoms with Crippen molar-refractivity contribution in [2.24, 2.45) is 10.7 Å². The van der Waals surface area contributed by atoms with Crippen molar-refractivity contribution in [3.63, 3.8) is 0 Å². The molecule has 0 aromatic heterocycles. The van der Waals surface area contributed by atoms with Crippen LogP contribution < -0.4 is 10.5 Å². The van der Waals surface area contributed by atoms with Gasteiger partial charge in [0, 0.05) is 19.6 Å². The molecule has 0 spiro atoms. The lowest BCUT2D eigenvalue weighted by Gasteiger charge is -2.27. The fourth-order valence-corrected chi connectivity index (χ4v) is 2.20. The van der Waals surface area contributed by atoms with Crippen LogP contribution in [-0.4, -0.2) is 50.8 Å². The number of methoxy groups -OCH3 is 1. The molecule has 118 valence electrons. The lowest BCUT2D eigenvalue weighted by atomic mass is 10.1. The highest BCUT2D eigenvalue weighted by molar-refractivity contribution is 14.0. The van der Waals surface area contributed by atoms with Crippen LogP contribution in [0.4, 0.5) is 0 Å². The van der Waals surface area contributed by atoms with Crippen molar-refractivity contribution in [1.82, 2.24) is 4.90 Å². The molecule has 1 fully saturated rings. The first-order chi connectivity index (χ1) is 9.79. The van der Waals surface area contributed by atoms with Gasteiger partial charge in [0.2, 0.25) is 0 Å². The van der Waals surface area contributed by atoms with Crippen molar-refractivity contribution >= 4 is 29.9 Å². The third kappa shape index (κ3) is 6.09. The molecule has 0 unspecified atom stereocenters. The Hall–Kier alpha value is -1.02. The molecular formula is C15H24IN3O2. The van der Waals surface area contributed by atoms with E-state index in [4.69, 9.17) is 15.2 Å². The van der Waals surface area contributed by atoms with E-state index in [1.807, 2.05) is 12.1 Å². The summed E-state index contributed by atoms with van der Waals surface area (Å²) < 4.78 is 10.5. The summed E-state index contributed by atoms with van der Waals surface area (Å²) in [5, 5.41) is 0. The molecule has 1 heterocycles. The second kappa shape index (κ2) is 9.83. The van der Waals surface area contributed by atoms with Crippen LogP contribution >= 0.6 is 24.0 Å². The van der Waals surface area contributed by atoms with Crippen LogP contribution in [0.5, 0.6) is 5.75 Å². The van der Waals surface area contributed by atoms with Crippen molar-refractivity contribution in [3.05, 3.63) is 29.8 Å². The summed E-state index contributed by atoms with van der Waals surface area (Å²) in [6.07, 6.45) is 1.97. The minimum Gasteiger partial charge on any atom is -0.497 e. The van der Waals surface area contributed by atoms with Gasteiger partial charge in [-0.25, -0.2) is 0 Å². The summed E-state index contributed by atoms with van der Waals surface area (Å²) in [6, 6.07) is 8.14. The quantitative estimate of drug-likeness (QED) is 0.352. The third-order valence-electron chi connectivity index (χ3n) is 3.37. The van der Waals surface area contributed by atoms with E-state index in [0.29, 0.717) is 5.96 Å². The SMILES string of the molecule is COc1cccc(CCCN=C(N)N2CCOCC2)c1.I. The molecule has 2 rings (SSSR count). The smallest absolute Gasteiger partial charge is 0.191 e. The van der Waals surface area contributed by atoms with Gasteiger partial charge in [0.1, 0.15) is 5.75 Å². The molecule has 1 aliphatic rings. The van der Waals surface area contributed by atoms with Crippen LogP contribution in [0, 0.1) is 0 Å². The standard InChI is InChI=1S/C15H23N3O2.HI/c1-19-14-6-2-4-13(12-14)5-3-7-17-15(16)18-8-10-20-11-9-18;/h2,4,6,12H,3,5,7-11H2,1H3,(H2,16,17);1H. The highest BCUT2D eigenvalue weighted by Gasteiger charge is 2.11. The number of nitrogens with zero attached hydrogens (tertiary/aromatic N) is 2. The summed E-state index contributed by atoms with van der Waals surface area (Å²) in [7, 11) is 1.69. The lowest BCUT2D eigenvalue weighted by molar-refractivity contribution is 0.0674. The molecule has 0 radical (unpaired) electrons. The Balaban J connectivity index is 0.00000220. The first-order valence-corrected chi connectivity index (χ1v) is 7.05. The van der Waals surface area contributed by atoms with Crippen LogP contribution in [0.15, 0.2) is 29.3 Å². The fourth-order valence-electron chi connectivity index (χ4n) is 2.20. The number of aliphatic imine (C=N–C) groups is 1. The molecule has 1 saturated heterocycles. The Labute approximate surface area is 143 Å². The van der Waals surface area contributed by atoms with Gasteiger partial charge in [-0.1, -0.05) is 12.1 Å². The monoisotopic (exact) mass is 405 g/mol. The van der Waals surface area contributed by atoms with Crippen molar-refractivity contribution in [2.45, 2.75) is 12.8 Å². The van der Waals surface area contributed by atoms with Crippen LogP contribution in [0.25, 0.3) is 0 Å². The van der Waals surface area contributed by atoms with Crippen molar-refractivity contribution in [2.75, 3.05) is 40.0 Å². The first-order valence-electron chi connectivity index (χ1n) is 7.05. The van der Waals surface area contributed by atoms with Gasteiger partial charge in [-0.3, -0.25) is 4.99 Å². The van der Waals surface area contributed by atoms with Crippen molar-refractivity contribution in [3.8, 4) is 5.75 Å². The predicted molar refractivity (Wildman–Crippen MR) is 95.6 cm³/mol. The zero-order chi connectivity index (χ0) is 14.2. The Morgan fingerprint density at radius 1 is 1.38 bits per heavy atom. The number of rotatable bonds is 5. The van der Waals surface area contributed by atoms with E-state index in [0.717, 1.165) is 51.4 Å². The van der Waals surface area contributed by atoms with Gasteiger partial charge in [0.25, 0.3) is 0 Å². The zero-order valence-corrected chi connectivity index (χ0v) is 14.8. The van der Waals surface area contributed by atoms with Gasteiger partial charge in [0.05, 0.1) is 20.3 Å². The van der Waals surface area contributed by atoms with Gasteiger partial charge in [0.15, 0.2) is 5.96 Å². The molecule has 21 heavy (non-hydrogen) atoms. The van der Waals surface area contributed by atoms with E-state index in [9.17, 15) is 0 Å². The number of hydrogen-bond acceptors (Lipinski definition) is 3. The summed E-state index contributed by atoms with van der Waals surface area (Å²) in [6.45, 7) is 3.90. The molecule has 0 saturated carbocycles. The minimum absolute atomic E-state index is 0. The number of hydrogen-bond donors (Lipinski definition) is 1. The number of nitrogens with two attached hydrogens (primary N) is 1. The van der Waals surface area contributed by atoms with Gasteiger partial charge in [-0.05, 0) is 30.5 Å². The van der Waals surface area contributed by atoms with E-state index in [2.05, 4.69) is 22.0 Å².